The van der Waals surface area contributed by atoms with E-state index in [-0.39, 0.29) is 0 Å². The van der Waals surface area contributed by atoms with Crippen LogP contribution in [0.25, 0.3) is 33.1 Å². The number of nitrogens with zero attached hydrogens (tertiary/aromatic N) is 2. The van der Waals surface area contributed by atoms with Gasteiger partial charge in [-0.2, -0.15) is 5.48 Å². The number of aromatic nitrogens is 2. The fraction of sp³-hybridized carbons (Fsp3) is 0.208. The number of ether oxygens (including phenoxy) is 1. The molecule has 4 rings (SSSR count). The minimum atomic E-state index is 0.406. The molecule has 8 nitrogen and oxygen atoms in total. The number of pyridine rings is 1. The molecular formula is C24H28N6O2. The highest BCUT2D eigenvalue weighted by molar-refractivity contribution is 6.15. The van der Waals surface area contributed by atoms with Gasteiger partial charge in [0, 0.05) is 35.9 Å². The normalized spacial score (nSPS) is 11.5. The largest absolute Gasteiger partial charge is 0.489 e. The van der Waals surface area contributed by atoms with Crippen LogP contribution < -0.4 is 26.6 Å². The molecule has 2 heterocycles. The van der Waals surface area contributed by atoms with E-state index in [1.807, 2.05) is 44.3 Å². The van der Waals surface area contributed by atoms with Crippen molar-refractivity contribution in [3.63, 3.8) is 0 Å². The maximum atomic E-state index is 6.07. The summed E-state index contributed by atoms with van der Waals surface area (Å²) < 4.78 is 6.07. The minimum absolute atomic E-state index is 0.406. The predicted molar refractivity (Wildman–Crippen MR) is 128 cm³/mol. The van der Waals surface area contributed by atoms with Crippen LogP contribution in [0.4, 0.5) is 0 Å². The van der Waals surface area contributed by atoms with Crippen molar-refractivity contribution in [2.75, 3.05) is 19.7 Å². The Morgan fingerprint density at radius 3 is 2.91 bits per heavy atom. The summed E-state index contributed by atoms with van der Waals surface area (Å²) in [4.78, 5) is 13.6. The molecule has 6 N–H and O–H groups in total. The van der Waals surface area contributed by atoms with Crippen LogP contribution in [0.15, 0.2) is 61.1 Å². The van der Waals surface area contributed by atoms with Crippen LogP contribution >= 0.6 is 0 Å². The topological polar surface area (TPSA) is 114 Å². The van der Waals surface area contributed by atoms with Crippen molar-refractivity contribution in [2.24, 2.45) is 11.6 Å². The number of fused-ring (bicyclic) bond motifs is 3. The van der Waals surface area contributed by atoms with Gasteiger partial charge in [-0.1, -0.05) is 12.1 Å². The average molecular weight is 433 g/mol. The predicted octanol–water partition coefficient (Wildman–Crippen LogP) is 3.58. The van der Waals surface area contributed by atoms with E-state index in [4.69, 9.17) is 21.2 Å². The van der Waals surface area contributed by atoms with Gasteiger partial charge < -0.3 is 25.3 Å². The van der Waals surface area contributed by atoms with Crippen molar-refractivity contribution < 1.29 is 9.57 Å². The van der Waals surface area contributed by atoms with Gasteiger partial charge in [-0.3, -0.25) is 0 Å². The number of aryl methyl sites for hydroxylation is 1. The third kappa shape index (κ3) is 4.46. The van der Waals surface area contributed by atoms with Gasteiger partial charge in [0.1, 0.15) is 23.8 Å². The Kier molecular flexibility index (Phi) is 6.44. The highest BCUT2D eigenvalue weighted by Crippen LogP contribution is 2.39. The molecule has 4 aromatic rings. The van der Waals surface area contributed by atoms with Crippen molar-refractivity contribution in [1.82, 2.24) is 20.5 Å². The first kappa shape index (κ1) is 21.5. The average Bonchev–Trinajstić information content (AvgIpc) is 3.17. The number of aromatic amines is 1. The lowest BCUT2D eigenvalue weighted by molar-refractivity contribution is 0.202. The summed E-state index contributed by atoms with van der Waals surface area (Å²) in [5, 5.41) is 3.59. The molecule has 32 heavy (non-hydrogen) atoms. The van der Waals surface area contributed by atoms with Gasteiger partial charge in [0.2, 0.25) is 0 Å². The molecule has 0 radical (unpaired) electrons. The third-order valence-electron chi connectivity index (χ3n) is 5.07. The van der Waals surface area contributed by atoms with Gasteiger partial charge in [-0.25, -0.2) is 10.8 Å². The summed E-state index contributed by atoms with van der Waals surface area (Å²) in [6.45, 7) is 5.65. The second kappa shape index (κ2) is 9.59. The number of hydrogen-bond donors (Lipinski definition) is 4. The summed E-state index contributed by atoms with van der Waals surface area (Å²) in [5.41, 5.74) is 13.2. The monoisotopic (exact) mass is 432 g/mol. The summed E-state index contributed by atoms with van der Waals surface area (Å²) in [7, 11) is 0. The Hall–Kier alpha value is -3.75. The molecule has 0 amide bonds. The first-order valence-electron chi connectivity index (χ1n) is 10.5. The zero-order chi connectivity index (χ0) is 22.5. The Morgan fingerprint density at radius 1 is 1.22 bits per heavy atom. The number of hydrazine groups is 1. The smallest absolute Gasteiger partial charge is 0.147 e. The lowest BCUT2D eigenvalue weighted by Gasteiger charge is -2.15. The SMILES string of the molecule is CCNOc1cccc(-c2ccc(OCCN(N)/C=C\N)c3[nH]c4ncc(C)cc4c23)c1. The maximum absolute atomic E-state index is 6.07. The van der Waals surface area contributed by atoms with E-state index in [9.17, 15) is 0 Å². The molecule has 0 aliphatic carbocycles. The van der Waals surface area contributed by atoms with Crippen LogP contribution in [-0.2, 0) is 0 Å². The molecule has 0 saturated carbocycles. The first-order valence-corrected chi connectivity index (χ1v) is 10.5. The van der Waals surface area contributed by atoms with Crippen LogP contribution in [0.2, 0.25) is 0 Å². The highest BCUT2D eigenvalue weighted by atomic mass is 16.6. The van der Waals surface area contributed by atoms with Crippen LogP contribution in [0.1, 0.15) is 12.5 Å². The van der Waals surface area contributed by atoms with Gasteiger partial charge in [0.15, 0.2) is 0 Å². The highest BCUT2D eigenvalue weighted by Gasteiger charge is 2.16. The van der Waals surface area contributed by atoms with Crippen LogP contribution in [0, 0.1) is 6.92 Å². The van der Waals surface area contributed by atoms with E-state index >= 15 is 0 Å². The zero-order valence-electron chi connectivity index (χ0n) is 18.3. The van der Waals surface area contributed by atoms with Crippen LogP contribution in [0.3, 0.4) is 0 Å². The lowest BCUT2D eigenvalue weighted by atomic mass is 9.99. The standard InChI is InChI=1S/C24H28N6O2/c1-3-28-32-18-6-4-5-17(14-18)19-7-8-21(31-12-11-30(26)10-9-25)23-22(19)20-13-16(2)15-27-24(20)29-23/h4-10,13-15,28H,3,11-12,25-26H2,1-2H3,(H,27,29)/b10-9-. The number of nitrogens with one attached hydrogen (secondary N) is 2. The van der Waals surface area contributed by atoms with E-state index in [2.05, 4.69) is 33.6 Å². The number of hydroxylamine groups is 1. The zero-order valence-corrected chi connectivity index (χ0v) is 18.3. The van der Waals surface area contributed by atoms with Gasteiger partial charge >= 0.3 is 0 Å². The molecule has 0 aliphatic heterocycles. The summed E-state index contributed by atoms with van der Waals surface area (Å²) in [5.74, 6) is 7.33. The maximum Gasteiger partial charge on any atom is 0.147 e. The fourth-order valence-corrected chi connectivity index (χ4v) is 3.65. The molecule has 0 aliphatic rings. The van der Waals surface area contributed by atoms with Crippen molar-refractivity contribution >= 4 is 21.9 Å². The van der Waals surface area contributed by atoms with Crippen molar-refractivity contribution in [3.8, 4) is 22.6 Å². The van der Waals surface area contributed by atoms with Crippen LogP contribution in [0.5, 0.6) is 11.5 Å². The molecule has 0 bridgehead atoms. The molecule has 0 unspecified atom stereocenters. The molecule has 0 fully saturated rings. The summed E-state index contributed by atoms with van der Waals surface area (Å²) >= 11 is 0. The second-order valence-corrected chi connectivity index (χ2v) is 7.45. The number of rotatable bonds is 9. The van der Waals surface area contributed by atoms with Crippen molar-refractivity contribution in [3.05, 3.63) is 66.6 Å². The van der Waals surface area contributed by atoms with E-state index in [1.165, 1.54) is 11.2 Å². The Bertz CT molecular complexity index is 1250. The Morgan fingerprint density at radius 2 is 2.09 bits per heavy atom. The minimum Gasteiger partial charge on any atom is -0.489 e. The number of hydrogen-bond acceptors (Lipinski definition) is 7. The van der Waals surface area contributed by atoms with E-state index in [0.29, 0.717) is 13.2 Å². The number of benzene rings is 2. The van der Waals surface area contributed by atoms with Crippen LogP contribution in [-0.4, -0.2) is 34.7 Å². The Labute approximate surface area is 186 Å². The Balaban J connectivity index is 1.79. The van der Waals surface area contributed by atoms with E-state index < -0.39 is 0 Å². The van der Waals surface area contributed by atoms with E-state index in [0.717, 1.165) is 56.7 Å². The van der Waals surface area contributed by atoms with Gasteiger partial charge in [0.25, 0.3) is 0 Å². The molecule has 0 saturated heterocycles. The molecule has 0 spiro atoms. The molecule has 2 aromatic carbocycles. The van der Waals surface area contributed by atoms with E-state index in [1.54, 1.807) is 6.20 Å². The number of H-pyrrole nitrogens is 1. The molecular weight excluding hydrogens is 404 g/mol. The van der Waals surface area contributed by atoms with Gasteiger partial charge in [-0.15, -0.1) is 0 Å². The van der Waals surface area contributed by atoms with Crippen molar-refractivity contribution in [2.45, 2.75) is 13.8 Å². The summed E-state index contributed by atoms with van der Waals surface area (Å²) in [6, 6.07) is 14.2. The van der Waals surface area contributed by atoms with Gasteiger partial charge in [-0.05, 0) is 60.9 Å². The second-order valence-electron chi connectivity index (χ2n) is 7.45. The number of nitrogens with two attached hydrogens (primary N) is 2. The van der Waals surface area contributed by atoms with Gasteiger partial charge in [0.05, 0.1) is 12.1 Å². The third-order valence-corrected chi connectivity index (χ3v) is 5.07. The molecule has 8 heteroatoms. The first-order chi connectivity index (χ1) is 15.6. The molecule has 2 aromatic heterocycles. The lowest BCUT2D eigenvalue weighted by Crippen LogP contribution is -2.30. The fourth-order valence-electron chi connectivity index (χ4n) is 3.65. The quantitative estimate of drug-likeness (QED) is 0.236. The molecule has 0 atom stereocenters. The summed E-state index contributed by atoms with van der Waals surface area (Å²) in [6.07, 6.45) is 4.85. The molecule has 166 valence electrons. The van der Waals surface area contributed by atoms with Crippen molar-refractivity contribution in [1.29, 1.82) is 0 Å².